The summed E-state index contributed by atoms with van der Waals surface area (Å²) >= 11 is 11.8. The van der Waals surface area contributed by atoms with Gasteiger partial charge in [-0.05, 0) is 18.2 Å². The van der Waals surface area contributed by atoms with Crippen molar-refractivity contribution in [1.82, 2.24) is 4.98 Å². The van der Waals surface area contributed by atoms with E-state index in [9.17, 15) is 14.0 Å². The Morgan fingerprint density at radius 3 is 2.38 bits per heavy atom. The Labute approximate surface area is 128 Å². The molecule has 5 nitrogen and oxygen atoms in total. The van der Waals surface area contributed by atoms with E-state index in [-0.39, 0.29) is 26.9 Å². The van der Waals surface area contributed by atoms with Gasteiger partial charge in [-0.15, -0.1) is 0 Å². The van der Waals surface area contributed by atoms with Crippen LogP contribution in [0.1, 0.15) is 20.7 Å². The highest BCUT2D eigenvalue weighted by molar-refractivity contribution is 6.40. The lowest BCUT2D eigenvalue weighted by molar-refractivity contribution is 0.0696. The first-order chi connectivity index (χ1) is 9.90. The number of carbonyl (C=O) groups is 2. The molecule has 0 saturated heterocycles. The molecule has 0 spiro atoms. The molecule has 0 bridgehead atoms. The number of aromatic nitrogens is 1. The molecule has 21 heavy (non-hydrogen) atoms. The van der Waals surface area contributed by atoms with E-state index in [1.807, 2.05) is 0 Å². The second-order valence-electron chi connectivity index (χ2n) is 3.93. The summed E-state index contributed by atoms with van der Waals surface area (Å²) < 4.78 is 13.4. The molecule has 0 atom stereocenters. The van der Waals surface area contributed by atoms with Gasteiger partial charge in [0.1, 0.15) is 0 Å². The van der Waals surface area contributed by atoms with Crippen LogP contribution in [-0.2, 0) is 0 Å². The van der Waals surface area contributed by atoms with Crippen molar-refractivity contribution in [2.24, 2.45) is 0 Å². The third-order valence-electron chi connectivity index (χ3n) is 2.54. The molecule has 2 N–H and O–H groups in total. The largest absolute Gasteiger partial charge is 0.478 e. The summed E-state index contributed by atoms with van der Waals surface area (Å²) in [6.45, 7) is 0. The quantitative estimate of drug-likeness (QED) is 0.904. The third kappa shape index (κ3) is 3.29. The fourth-order valence-corrected chi connectivity index (χ4v) is 2.14. The number of anilines is 1. The lowest BCUT2D eigenvalue weighted by Gasteiger charge is -2.10. The molecule has 0 unspecified atom stereocenters. The zero-order chi connectivity index (χ0) is 15.6. The van der Waals surface area contributed by atoms with E-state index < -0.39 is 17.7 Å². The predicted molar refractivity (Wildman–Crippen MR) is 75.6 cm³/mol. The van der Waals surface area contributed by atoms with E-state index in [2.05, 4.69) is 10.3 Å². The number of rotatable bonds is 3. The van der Waals surface area contributed by atoms with Gasteiger partial charge in [0, 0.05) is 6.20 Å². The van der Waals surface area contributed by atoms with Crippen LogP contribution in [0.3, 0.4) is 0 Å². The number of benzene rings is 1. The van der Waals surface area contributed by atoms with Crippen molar-refractivity contribution in [3.63, 3.8) is 0 Å². The highest BCUT2D eigenvalue weighted by Gasteiger charge is 2.17. The van der Waals surface area contributed by atoms with Crippen LogP contribution in [0.4, 0.5) is 10.1 Å². The molecule has 0 radical (unpaired) electrons. The molecule has 0 saturated carbocycles. The Hall–Kier alpha value is -2.18. The molecule has 2 rings (SSSR count). The second-order valence-corrected chi connectivity index (χ2v) is 4.74. The highest BCUT2D eigenvalue weighted by Crippen LogP contribution is 2.32. The molecule has 108 valence electrons. The number of carboxylic acids is 1. The normalized spacial score (nSPS) is 10.2. The molecule has 1 amide bonds. The smallest absolute Gasteiger partial charge is 0.335 e. The average molecular weight is 329 g/mol. The van der Waals surface area contributed by atoms with Gasteiger partial charge in [-0.1, -0.05) is 23.2 Å². The maximum atomic E-state index is 13.4. The number of hydrogen-bond donors (Lipinski definition) is 2. The Morgan fingerprint density at radius 2 is 1.86 bits per heavy atom. The molecule has 2 aromatic rings. The van der Waals surface area contributed by atoms with E-state index in [1.165, 1.54) is 12.3 Å². The van der Waals surface area contributed by atoms with Gasteiger partial charge in [-0.3, -0.25) is 9.78 Å². The Morgan fingerprint density at radius 1 is 1.24 bits per heavy atom. The monoisotopic (exact) mass is 328 g/mol. The van der Waals surface area contributed by atoms with Gasteiger partial charge in [-0.2, -0.15) is 0 Å². The van der Waals surface area contributed by atoms with Crippen LogP contribution >= 0.6 is 23.2 Å². The van der Waals surface area contributed by atoms with Gasteiger partial charge < -0.3 is 10.4 Å². The van der Waals surface area contributed by atoms with Crippen molar-refractivity contribution in [1.29, 1.82) is 0 Å². The minimum absolute atomic E-state index is 0.00421. The van der Waals surface area contributed by atoms with Crippen LogP contribution in [0.15, 0.2) is 30.6 Å². The van der Waals surface area contributed by atoms with Gasteiger partial charge in [0.2, 0.25) is 0 Å². The summed E-state index contributed by atoms with van der Waals surface area (Å²) in [7, 11) is 0. The number of carbonyl (C=O) groups excluding carboxylic acids is 1. The van der Waals surface area contributed by atoms with Crippen LogP contribution in [0.5, 0.6) is 0 Å². The summed E-state index contributed by atoms with van der Waals surface area (Å²) in [6.07, 6.45) is 2.15. The average Bonchev–Trinajstić information content (AvgIpc) is 2.42. The zero-order valence-electron chi connectivity index (χ0n) is 10.2. The maximum Gasteiger partial charge on any atom is 0.335 e. The first kappa shape index (κ1) is 15.2. The summed E-state index contributed by atoms with van der Waals surface area (Å²) in [5, 5.41) is 11.1. The SMILES string of the molecule is O=C(O)c1cc(Cl)c(NC(=O)c2ccncc2F)c(Cl)c1. The van der Waals surface area contributed by atoms with Crippen molar-refractivity contribution in [3.05, 3.63) is 57.6 Å². The molecule has 0 fully saturated rings. The van der Waals surface area contributed by atoms with E-state index in [0.717, 1.165) is 18.3 Å². The van der Waals surface area contributed by atoms with Gasteiger partial charge >= 0.3 is 5.97 Å². The number of halogens is 3. The van der Waals surface area contributed by atoms with Crippen molar-refractivity contribution in [2.45, 2.75) is 0 Å². The van der Waals surface area contributed by atoms with Gasteiger partial charge in [0.05, 0.1) is 33.1 Å². The van der Waals surface area contributed by atoms with Gasteiger partial charge in [0.15, 0.2) is 5.82 Å². The molecule has 1 aromatic carbocycles. The van der Waals surface area contributed by atoms with Crippen molar-refractivity contribution < 1.29 is 19.1 Å². The summed E-state index contributed by atoms with van der Waals surface area (Å²) in [4.78, 5) is 26.3. The van der Waals surface area contributed by atoms with Crippen molar-refractivity contribution in [3.8, 4) is 0 Å². The Kier molecular flexibility index (Phi) is 4.40. The van der Waals surface area contributed by atoms with E-state index >= 15 is 0 Å². The zero-order valence-corrected chi connectivity index (χ0v) is 11.7. The lowest BCUT2D eigenvalue weighted by Crippen LogP contribution is -2.15. The lowest BCUT2D eigenvalue weighted by atomic mass is 10.2. The number of carboxylic acid groups (broad SMARTS) is 1. The number of pyridine rings is 1. The first-order valence-corrected chi connectivity index (χ1v) is 6.29. The van der Waals surface area contributed by atoms with Gasteiger partial charge in [-0.25, -0.2) is 9.18 Å². The molecular formula is C13H7Cl2FN2O3. The van der Waals surface area contributed by atoms with E-state index in [1.54, 1.807) is 0 Å². The molecule has 0 aliphatic rings. The van der Waals surface area contributed by atoms with Crippen molar-refractivity contribution in [2.75, 3.05) is 5.32 Å². The number of nitrogens with zero attached hydrogens (tertiary/aromatic N) is 1. The molecule has 0 aliphatic carbocycles. The maximum absolute atomic E-state index is 13.4. The number of hydrogen-bond acceptors (Lipinski definition) is 3. The molecular weight excluding hydrogens is 322 g/mol. The van der Waals surface area contributed by atoms with Crippen LogP contribution in [0.2, 0.25) is 10.0 Å². The first-order valence-electron chi connectivity index (χ1n) is 5.53. The van der Waals surface area contributed by atoms with Crippen molar-refractivity contribution >= 4 is 40.8 Å². The van der Waals surface area contributed by atoms with Crippen LogP contribution < -0.4 is 5.32 Å². The number of amides is 1. The topological polar surface area (TPSA) is 79.3 Å². The second kappa shape index (κ2) is 6.07. The third-order valence-corrected chi connectivity index (χ3v) is 3.14. The summed E-state index contributed by atoms with van der Waals surface area (Å²) in [5.41, 5.74) is -0.359. The Balaban J connectivity index is 2.34. The Bertz CT molecular complexity index is 714. The summed E-state index contributed by atoms with van der Waals surface area (Å²) in [5.74, 6) is -2.79. The number of aromatic carboxylic acids is 1. The van der Waals surface area contributed by atoms with Crippen LogP contribution in [-0.4, -0.2) is 22.0 Å². The standard InChI is InChI=1S/C13H7Cl2FN2O3/c14-8-3-6(13(20)21)4-9(15)11(8)18-12(19)7-1-2-17-5-10(7)16/h1-5H,(H,18,19)(H,20,21). The van der Waals surface area contributed by atoms with Crippen LogP contribution in [0, 0.1) is 5.82 Å². The fourth-order valence-electron chi connectivity index (χ4n) is 1.56. The molecule has 1 heterocycles. The summed E-state index contributed by atoms with van der Waals surface area (Å²) in [6, 6.07) is 3.46. The minimum atomic E-state index is -1.21. The molecule has 1 aromatic heterocycles. The minimum Gasteiger partial charge on any atom is -0.478 e. The molecule has 8 heteroatoms. The molecule has 0 aliphatic heterocycles. The number of nitrogens with one attached hydrogen (secondary N) is 1. The van der Waals surface area contributed by atoms with E-state index in [4.69, 9.17) is 28.3 Å². The van der Waals surface area contributed by atoms with Crippen LogP contribution in [0.25, 0.3) is 0 Å². The van der Waals surface area contributed by atoms with Gasteiger partial charge in [0.25, 0.3) is 5.91 Å². The van der Waals surface area contributed by atoms with E-state index in [0.29, 0.717) is 0 Å². The predicted octanol–water partition coefficient (Wildman–Crippen LogP) is 3.48. The fraction of sp³-hybridized carbons (Fsp3) is 0. The highest BCUT2D eigenvalue weighted by atomic mass is 35.5.